The third-order valence-corrected chi connectivity index (χ3v) is 5.46. The summed E-state index contributed by atoms with van der Waals surface area (Å²) in [6, 6.07) is 6.45. The Labute approximate surface area is 126 Å². The number of nitrogens with zero attached hydrogens (tertiary/aromatic N) is 1. The standard InChI is InChI=1S/C16H24N2OS/c1-16(2)6-8-18(9-11-20-16)12-13-4-3-5-14-15(13)19-10-7-17-14/h3-5,17H,6-12H2,1-2H3. The van der Waals surface area contributed by atoms with E-state index in [2.05, 4.69) is 54.0 Å². The van der Waals surface area contributed by atoms with E-state index < -0.39 is 0 Å². The van der Waals surface area contributed by atoms with Gasteiger partial charge in [0.1, 0.15) is 12.4 Å². The molecular formula is C16H24N2OS. The van der Waals surface area contributed by atoms with Gasteiger partial charge in [-0.05, 0) is 19.0 Å². The van der Waals surface area contributed by atoms with E-state index in [9.17, 15) is 0 Å². The lowest BCUT2D eigenvalue weighted by molar-refractivity contribution is 0.264. The second kappa shape index (κ2) is 5.86. The molecule has 2 aliphatic rings. The maximum Gasteiger partial charge on any atom is 0.146 e. The highest BCUT2D eigenvalue weighted by Gasteiger charge is 2.24. The first-order valence-electron chi connectivity index (χ1n) is 7.49. The second-order valence-corrected chi connectivity index (χ2v) is 8.01. The van der Waals surface area contributed by atoms with Crippen LogP contribution in [-0.2, 0) is 6.54 Å². The van der Waals surface area contributed by atoms with E-state index in [1.165, 1.54) is 30.8 Å². The summed E-state index contributed by atoms with van der Waals surface area (Å²) >= 11 is 2.10. The first kappa shape index (κ1) is 14.1. The molecule has 1 fully saturated rings. The minimum Gasteiger partial charge on any atom is -0.489 e. The van der Waals surface area contributed by atoms with Crippen molar-refractivity contribution in [1.29, 1.82) is 0 Å². The van der Waals surface area contributed by atoms with Crippen LogP contribution in [0.15, 0.2) is 18.2 Å². The summed E-state index contributed by atoms with van der Waals surface area (Å²) in [6.45, 7) is 9.75. The molecule has 0 aliphatic carbocycles. The number of fused-ring (bicyclic) bond motifs is 1. The van der Waals surface area contributed by atoms with Crippen molar-refractivity contribution >= 4 is 17.4 Å². The zero-order valence-electron chi connectivity index (χ0n) is 12.4. The minimum absolute atomic E-state index is 0.420. The van der Waals surface area contributed by atoms with Crippen LogP contribution in [0.1, 0.15) is 25.8 Å². The van der Waals surface area contributed by atoms with Crippen molar-refractivity contribution in [2.24, 2.45) is 0 Å². The van der Waals surface area contributed by atoms with E-state index in [1.807, 2.05) is 0 Å². The summed E-state index contributed by atoms with van der Waals surface area (Å²) in [5, 5.41) is 3.42. The van der Waals surface area contributed by atoms with Gasteiger partial charge in [-0.2, -0.15) is 11.8 Å². The molecular weight excluding hydrogens is 268 g/mol. The van der Waals surface area contributed by atoms with Crippen LogP contribution in [0.2, 0.25) is 0 Å². The van der Waals surface area contributed by atoms with Crippen LogP contribution in [-0.4, -0.2) is 41.6 Å². The molecule has 0 aromatic heterocycles. The summed E-state index contributed by atoms with van der Waals surface area (Å²) in [4.78, 5) is 2.56. The second-order valence-electron chi connectivity index (χ2n) is 6.20. The van der Waals surface area contributed by atoms with Crippen molar-refractivity contribution in [3.63, 3.8) is 0 Å². The average Bonchev–Trinajstić information content (AvgIpc) is 2.61. The zero-order chi connectivity index (χ0) is 14.0. The Morgan fingerprint density at radius 1 is 1.35 bits per heavy atom. The summed E-state index contributed by atoms with van der Waals surface area (Å²) < 4.78 is 6.29. The number of thioether (sulfide) groups is 1. The van der Waals surface area contributed by atoms with Crippen molar-refractivity contribution in [3.8, 4) is 5.75 Å². The molecule has 0 saturated carbocycles. The number of hydrogen-bond acceptors (Lipinski definition) is 4. The predicted molar refractivity (Wildman–Crippen MR) is 86.9 cm³/mol. The molecule has 1 saturated heterocycles. The molecule has 1 aromatic rings. The molecule has 4 heteroatoms. The summed E-state index contributed by atoms with van der Waals surface area (Å²) in [5.74, 6) is 2.29. The number of nitrogens with one attached hydrogen (secondary N) is 1. The van der Waals surface area contributed by atoms with Crippen LogP contribution < -0.4 is 10.1 Å². The smallest absolute Gasteiger partial charge is 0.146 e. The predicted octanol–water partition coefficient (Wildman–Crippen LogP) is 3.21. The highest BCUT2D eigenvalue weighted by molar-refractivity contribution is 8.00. The van der Waals surface area contributed by atoms with Gasteiger partial charge in [0.25, 0.3) is 0 Å². The number of benzene rings is 1. The Balaban J connectivity index is 1.72. The SMILES string of the molecule is CC1(C)CCN(Cc2cccc3c2OCCN3)CCS1. The van der Waals surface area contributed by atoms with Gasteiger partial charge in [0.05, 0.1) is 5.69 Å². The molecule has 0 radical (unpaired) electrons. The molecule has 2 aliphatic heterocycles. The van der Waals surface area contributed by atoms with Crippen LogP contribution in [0.3, 0.4) is 0 Å². The van der Waals surface area contributed by atoms with E-state index in [0.29, 0.717) is 4.75 Å². The van der Waals surface area contributed by atoms with Gasteiger partial charge in [0.2, 0.25) is 0 Å². The Hall–Kier alpha value is -0.870. The van der Waals surface area contributed by atoms with E-state index >= 15 is 0 Å². The highest BCUT2D eigenvalue weighted by atomic mass is 32.2. The van der Waals surface area contributed by atoms with Crippen LogP contribution in [0.25, 0.3) is 0 Å². The van der Waals surface area contributed by atoms with Gasteiger partial charge in [-0.25, -0.2) is 0 Å². The van der Waals surface area contributed by atoms with Gasteiger partial charge < -0.3 is 10.1 Å². The molecule has 2 heterocycles. The van der Waals surface area contributed by atoms with Gasteiger partial charge in [0.15, 0.2) is 0 Å². The minimum atomic E-state index is 0.420. The van der Waals surface area contributed by atoms with Crippen LogP contribution in [0.5, 0.6) is 5.75 Å². The van der Waals surface area contributed by atoms with E-state index in [0.717, 1.165) is 31.1 Å². The largest absolute Gasteiger partial charge is 0.489 e. The molecule has 0 spiro atoms. The maximum absolute atomic E-state index is 5.87. The topological polar surface area (TPSA) is 24.5 Å². The van der Waals surface area contributed by atoms with E-state index in [1.54, 1.807) is 0 Å². The molecule has 0 bridgehead atoms. The Morgan fingerprint density at radius 2 is 2.25 bits per heavy atom. The third kappa shape index (κ3) is 3.23. The van der Waals surface area contributed by atoms with Gasteiger partial charge in [-0.15, -0.1) is 0 Å². The van der Waals surface area contributed by atoms with Crippen molar-refractivity contribution in [2.75, 3.05) is 37.3 Å². The normalized spacial score (nSPS) is 22.3. The van der Waals surface area contributed by atoms with Gasteiger partial charge in [-0.3, -0.25) is 4.90 Å². The lowest BCUT2D eigenvalue weighted by Crippen LogP contribution is -2.28. The summed E-state index contributed by atoms with van der Waals surface area (Å²) in [7, 11) is 0. The quantitative estimate of drug-likeness (QED) is 0.904. The fraction of sp³-hybridized carbons (Fsp3) is 0.625. The molecule has 3 nitrogen and oxygen atoms in total. The van der Waals surface area contributed by atoms with Crippen molar-refractivity contribution < 1.29 is 4.74 Å². The number of para-hydroxylation sites is 1. The average molecular weight is 292 g/mol. The van der Waals surface area contributed by atoms with Gasteiger partial charge in [-0.1, -0.05) is 26.0 Å². The Morgan fingerprint density at radius 3 is 3.15 bits per heavy atom. The van der Waals surface area contributed by atoms with E-state index in [-0.39, 0.29) is 0 Å². The summed E-state index contributed by atoms with van der Waals surface area (Å²) in [5.41, 5.74) is 2.47. The number of anilines is 1. The molecule has 20 heavy (non-hydrogen) atoms. The van der Waals surface area contributed by atoms with E-state index in [4.69, 9.17) is 4.74 Å². The van der Waals surface area contributed by atoms with Gasteiger partial charge >= 0.3 is 0 Å². The van der Waals surface area contributed by atoms with Crippen LogP contribution in [0, 0.1) is 0 Å². The lowest BCUT2D eigenvalue weighted by Gasteiger charge is -2.26. The van der Waals surface area contributed by atoms with Crippen molar-refractivity contribution in [3.05, 3.63) is 23.8 Å². The van der Waals surface area contributed by atoms with Crippen molar-refractivity contribution in [2.45, 2.75) is 31.6 Å². The number of ether oxygens (including phenoxy) is 1. The monoisotopic (exact) mass is 292 g/mol. The molecule has 0 atom stereocenters. The molecule has 110 valence electrons. The third-order valence-electron chi connectivity index (χ3n) is 4.08. The van der Waals surface area contributed by atoms with Crippen LogP contribution >= 0.6 is 11.8 Å². The first-order chi connectivity index (χ1) is 9.64. The fourth-order valence-corrected chi connectivity index (χ4v) is 3.96. The van der Waals surface area contributed by atoms with Crippen LogP contribution in [0.4, 0.5) is 5.69 Å². The highest BCUT2D eigenvalue weighted by Crippen LogP contribution is 2.34. The Kier molecular flexibility index (Phi) is 4.13. The number of rotatable bonds is 2. The molecule has 1 N–H and O–H groups in total. The molecule has 1 aromatic carbocycles. The zero-order valence-corrected chi connectivity index (χ0v) is 13.3. The number of hydrogen-bond donors (Lipinski definition) is 1. The Bertz CT molecular complexity index is 476. The van der Waals surface area contributed by atoms with Gasteiger partial charge in [0, 0.05) is 35.7 Å². The summed E-state index contributed by atoms with van der Waals surface area (Å²) in [6.07, 6.45) is 1.26. The maximum atomic E-state index is 5.87. The fourth-order valence-electron chi connectivity index (χ4n) is 2.82. The van der Waals surface area contributed by atoms with Crippen molar-refractivity contribution in [1.82, 2.24) is 4.90 Å². The molecule has 3 rings (SSSR count). The molecule has 0 unspecified atom stereocenters. The first-order valence-corrected chi connectivity index (χ1v) is 8.47. The molecule has 0 amide bonds. The lowest BCUT2D eigenvalue weighted by atomic mass is 10.1.